The Morgan fingerprint density at radius 3 is 2.31 bits per heavy atom. The van der Waals surface area contributed by atoms with Crippen molar-refractivity contribution in [1.82, 2.24) is 0 Å². The van der Waals surface area contributed by atoms with Crippen molar-refractivity contribution in [2.24, 2.45) is 0 Å². The van der Waals surface area contributed by atoms with Crippen molar-refractivity contribution in [3.05, 3.63) is 35.6 Å². The lowest BCUT2D eigenvalue weighted by molar-refractivity contribution is -0.274. The maximum atomic E-state index is 12.0. The minimum Gasteiger partial charge on any atom is -0.405 e. The molecule has 16 heavy (non-hydrogen) atoms. The highest BCUT2D eigenvalue weighted by atomic mass is 32.2. The summed E-state index contributed by atoms with van der Waals surface area (Å²) in [5, 5.41) is 0. The second kappa shape index (κ2) is 4.32. The number of halogens is 3. The molecule has 0 saturated carbocycles. The van der Waals surface area contributed by atoms with Gasteiger partial charge in [-0.25, -0.2) is 8.42 Å². The average molecular weight is 253 g/mol. The number of alkyl halides is 3. The number of hydrogen-bond acceptors (Lipinski definition) is 3. The molecule has 3 nitrogen and oxygen atoms in total. The maximum Gasteiger partial charge on any atom is 0.573 e. The molecule has 0 saturated heterocycles. The van der Waals surface area contributed by atoms with E-state index in [1.54, 1.807) is 0 Å². The standard InChI is InChI=1S/C9H8F3O3S/c1-16(13,14)6-7-4-2-3-5-8(7)15-9(10,11)12/h2-6H,1H3. The lowest BCUT2D eigenvalue weighted by Gasteiger charge is -2.12. The van der Waals surface area contributed by atoms with Crippen LogP contribution >= 0.6 is 0 Å². The molecular weight excluding hydrogens is 245 g/mol. The van der Waals surface area contributed by atoms with Crippen molar-refractivity contribution in [3.63, 3.8) is 0 Å². The summed E-state index contributed by atoms with van der Waals surface area (Å²) >= 11 is 0. The molecule has 7 heteroatoms. The fourth-order valence-electron chi connectivity index (χ4n) is 1.03. The van der Waals surface area contributed by atoms with E-state index in [2.05, 4.69) is 4.74 Å². The van der Waals surface area contributed by atoms with Crippen molar-refractivity contribution in [1.29, 1.82) is 0 Å². The van der Waals surface area contributed by atoms with Crippen LogP contribution in [0.3, 0.4) is 0 Å². The smallest absolute Gasteiger partial charge is 0.405 e. The summed E-state index contributed by atoms with van der Waals surface area (Å²) in [6.07, 6.45) is -3.96. The van der Waals surface area contributed by atoms with Crippen molar-refractivity contribution in [2.75, 3.05) is 6.26 Å². The number of rotatable bonds is 3. The molecule has 1 aromatic carbocycles. The highest BCUT2D eigenvalue weighted by Gasteiger charge is 2.32. The van der Waals surface area contributed by atoms with E-state index in [9.17, 15) is 21.6 Å². The van der Waals surface area contributed by atoms with Crippen LogP contribution in [0.1, 0.15) is 5.56 Å². The Labute approximate surface area is 90.8 Å². The lowest BCUT2D eigenvalue weighted by Crippen LogP contribution is -2.18. The van der Waals surface area contributed by atoms with Gasteiger partial charge in [-0.2, -0.15) is 0 Å². The van der Waals surface area contributed by atoms with E-state index in [4.69, 9.17) is 0 Å². The van der Waals surface area contributed by atoms with Gasteiger partial charge in [0.25, 0.3) is 0 Å². The maximum absolute atomic E-state index is 12.0. The number of para-hydroxylation sites is 1. The van der Waals surface area contributed by atoms with E-state index in [1.165, 1.54) is 18.2 Å². The van der Waals surface area contributed by atoms with Crippen LogP contribution in [-0.4, -0.2) is 21.0 Å². The van der Waals surface area contributed by atoms with Gasteiger partial charge in [-0.05, 0) is 6.07 Å². The Kier molecular flexibility index (Phi) is 3.47. The second-order valence-electron chi connectivity index (χ2n) is 3.03. The van der Waals surface area contributed by atoms with Gasteiger partial charge in [0.15, 0.2) is 9.84 Å². The molecule has 89 valence electrons. The number of ether oxygens (including phenoxy) is 1. The zero-order chi connectivity index (χ0) is 12.4. The topological polar surface area (TPSA) is 43.4 Å². The third-order valence-electron chi connectivity index (χ3n) is 1.49. The summed E-state index contributed by atoms with van der Waals surface area (Å²) in [5.41, 5.74) is -0.137. The Bertz CT molecular complexity index is 465. The SMILES string of the molecule is CS(=O)(=O)[CH]c1ccccc1OC(F)(F)F. The van der Waals surface area contributed by atoms with Crippen LogP contribution in [0.4, 0.5) is 13.2 Å². The molecule has 0 heterocycles. The molecule has 0 aromatic heterocycles. The molecular formula is C9H8F3O3S. The third kappa shape index (κ3) is 4.52. The van der Waals surface area contributed by atoms with E-state index in [1.807, 2.05) is 0 Å². The fraction of sp³-hybridized carbons (Fsp3) is 0.222. The van der Waals surface area contributed by atoms with E-state index in [0.29, 0.717) is 5.75 Å². The minimum atomic E-state index is -4.85. The molecule has 0 spiro atoms. The first-order chi connectivity index (χ1) is 7.17. The molecule has 1 aromatic rings. The zero-order valence-corrected chi connectivity index (χ0v) is 8.97. The first-order valence-electron chi connectivity index (χ1n) is 4.07. The van der Waals surface area contributed by atoms with Crippen molar-refractivity contribution < 1.29 is 26.3 Å². The summed E-state index contributed by atoms with van der Waals surface area (Å²) in [6, 6.07) is 5.01. The fourth-order valence-corrected chi connectivity index (χ4v) is 1.68. The van der Waals surface area contributed by atoms with Crippen molar-refractivity contribution in [2.45, 2.75) is 6.36 Å². The molecule has 1 radical (unpaired) electrons. The molecule has 0 aliphatic heterocycles. The highest BCUT2D eigenvalue weighted by Crippen LogP contribution is 2.27. The third-order valence-corrected chi connectivity index (χ3v) is 2.17. The van der Waals surface area contributed by atoms with Gasteiger partial charge in [-0.15, -0.1) is 13.2 Å². The van der Waals surface area contributed by atoms with Crippen LogP contribution in [0.15, 0.2) is 24.3 Å². The van der Waals surface area contributed by atoms with Gasteiger partial charge in [-0.3, -0.25) is 0 Å². The van der Waals surface area contributed by atoms with Crippen LogP contribution in [-0.2, 0) is 9.84 Å². The zero-order valence-electron chi connectivity index (χ0n) is 8.15. The van der Waals surface area contributed by atoms with Gasteiger partial charge in [0, 0.05) is 11.8 Å². The van der Waals surface area contributed by atoms with Gasteiger partial charge >= 0.3 is 6.36 Å². The van der Waals surface area contributed by atoms with Crippen LogP contribution in [0.5, 0.6) is 5.75 Å². The van der Waals surface area contributed by atoms with Crippen molar-refractivity contribution in [3.8, 4) is 5.75 Å². The predicted octanol–water partition coefficient (Wildman–Crippen LogP) is 2.14. The molecule has 0 atom stereocenters. The van der Waals surface area contributed by atoms with Gasteiger partial charge in [0.1, 0.15) is 11.5 Å². The lowest BCUT2D eigenvalue weighted by atomic mass is 10.2. The van der Waals surface area contributed by atoms with Crippen LogP contribution in [0, 0.1) is 5.75 Å². The monoisotopic (exact) mass is 253 g/mol. The molecule has 0 aliphatic carbocycles. The molecule has 0 unspecified atom stereocenters. The number of hydrogen-bond donors (Lipinski definition) is 0. The number of benzene rings is 1. The van der Waals surface area contributed by atoms with E-state index in [-0.39, 0.29) is 5.56 Å². The second-order valence-corrected chi connectivity index (χ2v) is 4.93. The molecule has 0 N–H and O–H groups in total. The van der Waals surface area contributed by atoms with E-state index in [0.717, 1.165) is 12.3 Å². The van der Waals surface area contributed by atoms with Gasteiger partial charge < -0.3 is 4.74 Å². The van der Waals surface area contributed by atoms with Crippen molar-refractivity contribution >= 4 is 9.84 Å². The summed E-state index contributed by atoms with van der Waals surface area (Å²) in [4.78, 5) is 0. The number of sulfone groups is 1. The van der Waals surface area contributed by atoms with Crippen LogP contribution in [0.25, 0.3) is 0 Å². The van der Waals surface area contributed by atoms with Gasteiger partial charge in [0.2, 0.25) is 0 Å². The molecule has 0 amide bonds. The summed E-state index contributed by atoms with van der Waals surface area (Å²) < 4.78 is 61.4. The van der Waals surface area contributed by atoms with Gasteiger partial charge in [0.05, 0.1) is 0 Å². The Balaban J connectivity index is 3.01. The highest BCUT2D eigenvalue weighted by molar-refractivity contribution is 7.92. The Hall–Kier alpha value is -1.24. The summed E-state index contributed by atoms with van der Waals surface area (Å²) in [6.45, 7) is 0. The van der Waals surface area contributed by atoms with Crippen LogP contribution < -0.4 is 4.74 Å². The molecule has 1 rings (SSSR count). The molecule has 0 aliphatic rings. The quantitative estimate of drug-likeness (QED) is 0.828. The van der Waals surface area contributed by atoms with E-state index >= 15 is 0 Å². The average Bonchev–Trinajstić information content (AvgIpc) is 2.03. The first-order valence-corrected chi connectivity index (χ1v) is 6.02. The predicted molar refractivity (Wildman–Crippen MR) is 51.4 cm³/mol. The summed E-state index contributed by atoms with van der Waals surface area (Å²) in [7, 11) is -3.53. The largest absolute Gasteiger partial charge is 0.573 e. The molecule has 0 bridgehead atoms. The summed E-state index contributed by atoms with van der Waals surface area (Å²) in [5.74, 6) is 0.175. The Morgan fingerprint density at radius 2 is 1.81 bits per heavy atom. The first kappa shape index (κ1) is 12.8. The normalized spacial score (nSPS) is 12.5. The Morgan fingerprint density at radius 1 is 1.25 bits per heavy atom. The van der Waals surface area contributed by atoms with Gasteiger partial charge in [-0.1, -0.05) is 18.2 Å². The van der Waals surface area contributed by atoms with E-state index < -0.39 is 21.9 Å². The van der Waals surface area contributed by atoms with Crippen LogP contribution in [0.2, 0.25) is 0 Å². The molecule has 0 fully saturated rings. The minimum absolute atomic E-state index is 0.137.